The van der Waals surface area contributed by atoms with Gasteiger partial charge in [0.25, 0.3) is 0 Å². The standard InChI is InChI=1S/C15H26N4OS/c1-4-5-6-8-18(2)14-13(12-16-7-10-20-3)19-9-11-21-15(19)17-14/h9,11,16H,4-8,10,12H2,1-3H3. The predicted molar refractivity (Wildman–Crippen MR) is 89.4 cm³/mol. The van der Waals surface area contributed by atoms with Crippen LogP contribution in [0.4, 0.5) is 5.82 Å². The van der Waals surface area contributed by atoms with Crippen molar-refractivity contribution in [2.75, 3.05) is 38.8 Å². The lowest BCUT2D eigenvalue weighted by atomic mass is 10.2. The molecule has 0 atom stereocenters. The number of hydrogen-bond donors (Lipinski definition) is 1. The number of fused-ring (bicyclic) bond motifs is 1. The fraction of sp³-hybridized carbons (Fsp3) is 0.667. The van der Waals surface area contributed by atoms with Crippen molar-refractivity contribution in [1.29, 1.82) is 0 Å². The molecule has 0 aromatic carbocycles. The van der Waals surface area contributed by atoms with Crippen molar-refractivity contribution in [3.63, 3.8) is 0 Å². The summed E-state index contributed by atoms with van der Waals surface area (Å²) in [5, 5.41) is 5.51. The second-order valence-corrected chi connectivity index (χ2v) is 6.11. The minimum Gasteiger partial charge on any atom is -0.383 e. The highest BCUT2D eigenvalue weighted by Gasteiger charge is 2.15. The second-order valence-electron chi connectivity index (χ2n) is 5.24. The third kappa shape index (κ3) is 4.18. The molecule has 0 saturated carbocycles. The van der Waals surface area contributed by atoms with Gasteiger partial charge < -0.3 is 15.0 Å². The maximum atomic E-state index is 5.08. The number of methoxy groups -OCH3 is 1. The highest BCUT2D eigenvalue weighted by molar-refractivity contribution is 7.15. The summed E-state index contributed by atoms with van der Waals surface area (Å²) in [4.78, 5) is 8.13. The van der Waals surface area contributed by atoms with E-state index < -0.39 is 0 Å². The van der Waals surface area contributed by atoms with Crippen molar-refractivity contribution in [1.82, 2.24) is 14.7 Å². The van der Waals surface area contributed by atoms with Gasteiger partial charge in [-0.2, -0.15) is 0 Å². The van der Waals surface area contributed by atoms with Crippen LogP contribution < -0.4 is 10.2 Å². The van der Waals surface area contributed by atoms with Gasteiger partial charge in [0.15, 0.2) is 10.8 Å². The fourth-order valence-electron chi connectivity index (χ4n) is 2.38. The summed E-state index contributed by atoms with van der Waals surface area (Å²) >= 11 is 1.68. The number of imidazole rings is 1. The van der Waals surface area contributed by atoms with Gasteiger partial charge >= 0.3 is 0 Å². The van der Waals surface area contributed by atoms with E-state index in [1.165, 1.54) is 25.0 Å². The van der Waals surface area contributed by atoms with E-state index in [4.69, 9.17) is 9.72 Å². The highest BCUT2D eigenvalue weighted by Crippen LogP contribution is 2.24. The Morgan fingerprint density at radius 1 is 1.43 bits per heavy atom. The molecule has 0 bridgehead atoms. The first-order valence-electron chi connectivity index (χ1n) is 7.63. The van der Waals surface area contributed by atoms with E-state index >= 15 is 0 Å². The van der Waals surface area contributed by atoms with Gasteiger partial charge in [0.1, 0.15) is 0 Å². The topological polar surface area (TPSA) is 41.8 Å². The minimum absolute atomic E-state index is 0.729. The number of hydrogen-bond acceptors (Lipinski definition) is 5. The van der Waals surface area contributed by atoms with Crippen LogP contribution >= 0.6 is 11.3 Å². The van der Waals surface area contributed by atoms with E-state index in [1.807, 2.05) is 0 Å². The van der Waals surface area contributed by atoms with E-state index in [0.717, 1.165) is 37.0 Å². The Hall–Kier alpha value is -1.11. The number of nitrogens with zero attached hydrogens (tertiary/aromatic N) is 3. The van der Waals surface area contributed by atoms with Crippen LogP contribution in [0.2, 0.25) is 0 Å². The monoisotopic (exact) mass is 310 g/mol. The summed E-state index contributed by atoms with van der Waals surface area (Å²) in [6, 6.07) is 0. The third-order valence-corrected chi connectivity index (χ3v) is 4.33. The van der Waals surface area contributed by atoms with Crippen LogP contribution in [0.25, 0.3) is 4.96 Å². The maximum Gasteiger partial charge on any atom is 0.195 e. The molecule has 0 radical (unpaired) electrons. The number of anilines is 1. The van der Waals surface area contributed by atoms with Crippen LogP contribution in [0, 0.1) is 0 Å². The SMILES string of the molecule is CCCCCN(C)c1nc2sccn2c1CNCCOC. The van der Waals surface area contributed by atoms with E-state index in [1.54, 1.807) is 18.4 Å². The van der Waals surface area contributed by atoms with Crippen LogP contribution in [0.3, 0.4) is 0 Å². The van der Waals surface area contributed by atoms with E-state index in [2.05, 4.69) is 40.2 Å². The molecule has 2 aromatic heterocycles. The molecule has 0 amide bonds. The molecule has 0 spiro atoms. The van der Waals surface area contributed by atoms with Crippen LogP contribution in [-0.4, -0.2) is 43.2 Å². The summed E-state index contributed by atoms with van der Waals surface area (Å²) in [6.07, 6.45) is 5.84. The van der Waals surface area contributed by atoms with Gasteiger partial charge in [-0.25, -0.2) is 4.98 Å². The average Bonchev–Trinajstić information content (AvgIpc) is 3.05. The largest absolute Gasteiger partial charge is 0.383 e. The summed E-state index contributed by atoms with van der Waals surface area (Å²) < 4.78 is 7.27. The average molecular weight is 310 g/mol. The van der Waals surface area contributed by atoms with Gasteiger partial charge in [-0.3, -0.25) is 4.40 Å². The summed E-state index contributed by atoms with van der Waals surface area (Å²) in [7, 11) is 3.87. The van der Waals surface area contributed by atoms with E-state index in [-0.39, 0.29) is 0 Å². The molecule has 0 aliphatic carbocycles. The Labute approximate surface area is 130 Å². The number of unbranched alkanes of at least 4 members (excludes halogenated alkanes) is 2. The Balaban J connectivity index is 2.07. The van der Waals surface area contributed by atoms with E-state index in [9.17, 15) is 0 Å². The van der Waals surface area contributed by atoms with Crippen molar-refractivity contribution in [2.24, 2.45) is 0 Å². The van der Waals surface area contributed by atoms with Gasteiger partial charge in [0, 0.05) is 45.4 Å². The molecule has 5 nitrogen and oxygen atoms in total. The van der Waals surface area contributed by atoms with Crippen LogP contribution in [0.1, 0.15) is 31.9 Å². The molecule has 0 saturated heterocycles. The number of thiazole rings is 1. The van der Waals surface area contributed by atoms with Crippen molar-refractivity contribution in [2.45, 2.75) is 32.7 Å². The molecule has 0 aliphatic heterocycles. The summed E-state index contributed by atoms with van der Waals surface area (Å²) in [5.41, 5.74) is 1.24. The van der Waals surface area contributed by atoms with Gasteiger partial charge in [-0.1, -0.05) is 19.8 Å². The van der Waals surface area contributed by atoms with Crippen molar-refractivity contribution in [3.8, 4) is 0 Å². The molecule has 0 unspecified atom stereocenters. The Morgan fingerprint density at radius 2 is 2.29 bits per heavy atom. The van der Waals surface area contributed by atoms with Gasteiger partial charge in [-0.15, -0.1) is 11.3 Å². The van der Waals surface area contributed by atoms with Gasteiger partial charge in [0.2, 0.25) is 0 Å². The molecule has 118 valence electrons. The number of ether oxygens (including phenoxy) is 1. The fourth-order valence-corrected chi connectivity index (χ4v) is 3.11. The number of nitrogens with one attached hydrogen (secondary N) is 1. The first-order valence-corrected chi connectivity index (χ1v) is 8.51. The van der Waals surface area contributed by atoms with Gasteiger partial charge in [-0.05, 0) is 6.42 Å². The lowest BCUT2D eigenvalue weighted by molar-refractivity contribution is 0.199. The quantitative estimate of drug-likeness (QED) is 0.685. The number of rotatable bonds is 10. The maximum absolute atomic E-state index is 5.08. The first-order chi connectivity index (χ1) is 10.3. The molecule has 2 aromatic rings. The molecule has 0 fully saturated rings. The Kier molecular flexibility index (Phi) is 6.48. The predicted octanol–water partition coefficient (Wildman–Crippen LogP) is 2.76. The summed E-state index contributed by atoms with van der Waals surface area (Å²) in [5.74, 6) is 1.10. The molecule has 2 heterocycles. The third-order valence-electron chi connectivity index (χ3n) is 3.57. The van der Waals surface area contributed by atoms with E-state index in [0.29, 0.717) is 0 Å². The first kappa shape index (κ1) is 16.3. The van der Waals surface area contributed by atoms with Crippen molar-refractivity contribution < 1.29 is 4.74 Å². The molecule has 6 heteroatoms. The number of aromatic nitrogens is 2. The molecule has 0 aliphatic rings. The smallest absolute Gasteiger partial charge is 0.195 e. The van der Waals surface area contributed by atoms with Crippen molar-refractivity contribution >= 4 is 22.1 Å². The molecular formula is C15H26N4OS. The molecule has 2 rings (SSSR count). The van der Waals surface area contributed by atoms with Crippen LogP contribution in [-0.2, 0) is 11.3 Å². The zero-order valence-electron chi connectivity index (χ0n) is 13.3. The highest BCUT2D eigenvalue weighted by atomic mass is 32.1. The minimum atomic E-state index is 0.729. The summed E-state index contributed by atoms with van der Waals surface area (Å²) in [6.45, 7) is 5.69. The zero-order valence-corrected chi connectivity index (χ0v) is 14.1. The second kappa shape index (κ2) is 8.36. The lowest BCUT2D eigenvalue weighted by Crippen LogP contribution is -2.24. The Bertz CT molecular complexity index is 537. The van der Waals surface area contributed by atoms with Crippen LogP contribution in [0.15, 0.2) is 11.6 Å². The van der Waals surface area contributed by atoms with Crippen LogP contribution in [0.5, 0.6) is 0 Å². The lowest BCUT2D eigenvalue weighted by Gasteiger charge is -2.18. The zero-order chi connectivity index (χ0) is 15.1. The molecule has 21 heavy (non-hydrogen) atoms. The van der Waals surface area contributed by atoms with Crippen molar-refractivity contribution in [3.05, 3.63) is 17.3 Å². The molecular weight excluding hydrogens is 284 g/mol. The van der Waals surface area contributed by atoms with Gasteiger partial charge in [0.05, 0.1) is 12.3 Å². The normalized spacial score (nSPS) is 11.4. The molecule has 1 N–H and O–H groups in total. The Morgan fingerprint density at radius 3 is 3.05 bits per heavy atom.